The molecule has 2 saturated heterocycles. The minimum Gasteiger partial charge on any atom is -0.371 e. The van der Waals surface area contributed by atoms with Gasteiger partial charge in [0.1, 0.15) is 0 Å². The normalized spacial score (nSPS) is 28.3. The summed E-state index contributed by atoms with van der Waals surface area (Å²) in [5, 5.41) is 3.37. The van der Waals surface area contributed by atoms with E-state index in [9.17, 15) is 4.79 Å². The van der Waals surface area contributed by atoms with E-state index in [-0.39, 0.29) is 18.1 Å². The number of carbonyl (C=O) groups excluding carboxylic acids is 1. The van der Waals surface area contributed by atoms with Gasteiger partial charge in [0.05, 0.1) is 12.2 Å². The van der Waals surface area contributed by atoms with E-state index in [0.717, 1.165) is 51.0 Å². The van der Waals surface area contributed by atoms with Gasteiger partial charge in [0.2, 0.25) is 0 Å². The molecule has 1 amide bonds. The van der Waals surface area contributed by atoms with Crippen LogP contribution in [0.4, 0.5) is 0 Å². The molecule has 4 rings (SSSR count). The predicted octanol–water partition coefficient (Wildman–Crippen LogP) is 1.34. The van der Waals surface area contributed by atoms with Crippen molar-refractivity contribution in [1.29, 1.82) is 0 Å². The molecule has 20 heavy (non-hydrogen) atoms. The molecule has 0 spiro atoms. The van der Waals surface area contributed by atoms with Crippen molar-refractivity contribution in [2.75, 3.05) is 19.6 Å². The first kappa shape index (κ1) is 12.4. The van der Waals surface area contributed by atoms with Crippen LogP contribution in [0.25, 0.3) is 0 Å². The van der Waals surface area contributed by atoms with Gasteiger partial charge in [-0.05, 0) is 43.0 Å². The second-order valence-corrected chi connectivity index (χ2v) is 6.04. The third-order valence-corrected chi connectivity index (χ3v) is 4.70. The largest absolute Gasteiger partial charge is 0.371 e. The van der Waals surface area contributed by atoms with E-state index < -0.39 is 0 Å². The highest BCUT2D eigenvalue weighted by molar-refractivity contribution is 5.96. The van der Waals surface area contributed by atoms with Gasteiger partial charge in [-0.1, -0.05) is 12.1 Å². The van der Waals surface area contributed by atoms with Crippen molar-refractivity contribution in [3.63, 3.8) is 0 Å². The van der Waals surface area contributed by atoms with E-state index in [0.29, 0.717) is 0 Å². The molecule has 1 aromatic rings. The maximum Gasteiger partial charge on any atom is 0.254 e. The summed E-state index contributed by atoms with van der Waals surface area (Å²) in [4.78, 5) is 14.8. The molecule has 2 bridgehead atoms. The van der Waals surface area contributed by atoms with Crippen LogP contribution in [0, 0.1) is 0 Å². The zero-order valence-electron chi connectivity index (χ0n) is 11.6. The number of nitrogens with zero attached hydrogens (tertiary/aromatic N) is 1. The van der Waals surface area contributed by atoms with E-state index >= 15 is 0 Å². The number of fused-ring (bicyclic) bond motifs is 3. The zero-order valence-corrected chi connectivity index (χ0v) is 11.6. The molecule has 0 radical (unpaired) electrons. The summed E-state index contributed by atoms with van der Waals surface area (Å²) >= 11 is 0. The van der Waals surface area contributed by atoms with Crippen molar-refractivity contribution in [2.45, 2.75) is 38.0 Å². The van der Waals surface area contributed by atoms with Crippen molar-refractivity contribution >= 4 is 5.91 Å². The molecule has 3 aliphatic rings. The van der Waals surface area contributed by atoms with Gasteiger partial charge >= 0.3 is 0 Å². The fourth-order valence-electron chi connectivity index (χ4n) is 3.68. The summed E-state index contributed by atoms with van der Waals surface area (Å²) in [6.07, 6.45) is 3.68. The Balaban J connectivity index is 1.62. The topological polar surface area (TPSA) is 41.6 Å². The van der Waals surface area contributed by atoms with Crippen LogP contribution >= 0.6 is 0 Å². The molecular weight excluding hydrogens is 252 g/mol. The van der Waals surface area contributed by atoms with Crippen LogP contribution in [0.15, 0.2) is 18.2 Å². The first-order chi connectivity index (χ1) is 9.81. The number of hydrogen-bond donors (Lipinski definition) is 1. The molecule has 1 aromatic carbocycles. The van der Waals surface area contributed by atoms with Gasteiger partial charge < -0.3 is 15.0 Å². The lowest BCUT2D eigenvalue weighted by atomic mass is 9.94. The number of amides is 1. The number of morpholine rings is 1. The minimum absolute atomic E-state index is 0.198. The quantitative estimate of drug-likeness (QED) is 0.839. The van der Waals surface area contributed by atoms with Gasteiger partial charge in [-0.15, -0.1) is 0 Å². The summed E-state index contributed by atoms with van der Waals surface area (Å²) in [5.74, 6) is 0.198. The maximum atomic E-state index is 12.8. The van der Waals surface area contributed by atoms with Crippen LogP contribution in [0.2, 0.25) is 0 Å². The second-order valence-electron chi connectivity index (χ2n) is 6.04. The van der Waals surface area contributed by atoms with Crippen molar-refractivity contribution in [3.8, 4) is 0 Å². The number of carbonyl (C=O) groups is 1. The molecule has 2 atom stereocenters. The molecule has 4 heteroatoms. The summed E-state index contributed by atoms with van der Waals surface area (Å²) in [5.41, 5.74) is 3.43. The Morgan fingerprint density at radius 1 is 1.25 bits per heavy atom. The molecule has 4 nitrogen and oxygen atoms in total. The first-order valence-electron chi connectivity index (χ1n) is 7.57. The maximum absolute atomic E-state index is 12.8. The van der Waals surface area contributed by atoms with E-state index in [2.05, 4.69) is 11.4 Å². The Morgan fingerprint density at radius 2 is 2.05 bits per heavy atom. The Morgan fingerprint density at radius 3 is 2.85 bits per heavy atom. The van der Waals surface area contributed by atoms with Crippen LogP contribution in [-0.4, -0.2) is 42.6 Å². The molecule has 3 aliphatic heterocycles. The van der Waals surface area contributed by atoms with E-state index in [4.69, 9.17) is 4.74 Å². The Bertz CT molecular complexity index is 531. The average Bonchev–Trinajstić information content (AvgIpc) is 2.84. The van der Waals surface area contributed by atoms with Gasteiger partial charge in [0.25, 0.3) is 5.91 Å². The van der Waals surface area contributed by atoms with Crippen molar-refractivity contribution in [1.82, 2.24) is 10.2 Å². The molecule has 0 aromatic heterocycles. The fourth-order valence-corrected chi connectivity index (χ4v) is 3.68. The first-order valence-corrected chi connectivity index (χ1v) is 7.57. The molecule has 2 fully saturated rings. The Hall–Kier alpha value is -1.39. The lowest BCUT2D eigenvalue weighted by Crippen LogP contribution is -2.46. The highest BCUT2D eigenvalue weighted by Gasteiger charge is 2.36. The number of rotatable bonds is 1. The SMILES string of the molecule is O=C(c1cccc2c1CCNC2)N1CC2CCC(C1)O2. The van der Waals surface area contributed by atoms with Crippen molar-refractivity contribution < 1.29 is 9.53 Å². The fraction of sp³-hybridized carbons (Fsp3) is 0.562. The van der Waals surface area contributed by atoms with Gasteiger partial charge in [0, 0.05) is 25.2 Å². The molecule has 1 N–H and O–H groups in total. The molecule has 0 saturated carbocycles. The van der Waals surface area contributed by atoms with Gasteiger partial charge in [-0.25, -0.2) is 0 Å². The number of benzene rings is 1. The molecule has 0 aliphatic carbocycles. The average molecular weight is 272 g/mol. The smallest absolute Gasteiger partial charge is 0.254 e. The standard InChI is InChI=1S/C16H20N2O2/c19-16(18-9-12-4-5-13(10-18)20-12)15-3-1-2-11-8-17-7-6-14(11)15/h1-3,12-13,17H,4-10H2. The number of ether oxygens (including phenoxy) is 1. The minimum atomic E-state index is 0.198. The summed E-state index contributed by atoms with van der Waals surface area (Å²) < 4.78 is 5.82. The predicted molar refractivity (Wildman–Crippen MR) is 75.7 cm³/mol. The number of likely N-dealkylation sites (tertiary alicyclic amines) is 1. The molecule has 2 unspecified atom stereocenters. The molecule has 106 valence electrons. The second kappa shape index (κ2) is 4.86. The van der Waals surface area contributed by atoms with Crippen LogP contribution in [0.1, 0.15) is 34.3 Å². The van der Waals surface area contributed by atoms with Gasteiger partial charge in [-0.2, -0.15) is 0 Å². The highest BCUT2D eigenvalue weighted by Crippen LogP contribution is 2.28. The highest BCUT2D eigenvalue weighted by atomic mass is 16.5. The third kappa shape index (κ3) is 2.03. The van der Waals surface area contributed by atoms with E-state index in [1.165, 1.54) is 11.1 Å². The number of hydrogen-bond acceptors (Lipinski definition) is 3. The van der Waals surface area contributed by atoms with E-state index in [1.54, 1.807) is 0 Å². The monoisotopic (exact) mass is 272 g/mol. The van der Waals surface area contributed by atoms with Crippen LogP contribution < -0.4 is 5.32 Å². The molecule has 3 heterocycles. The molecular formula is C16H20N2O2. The van der Waals surface area contributed by atoms with Crippen molar-refractivity contribution in [3.05, 3.63) is 34.9 Å². The lowest BCUT2D eigenvalue weighted by Gasteiger charge is -2.33. The van der Waals surface area contributed by atoms with Gasteiger partial charge in [-0.3, -0.25) is 4.79 Å². The summed E-state index contributed by atoms with van der Waals surface area (Å²) in [6.45, 7) is 3.37. The van der Waals surface area contributed by atoms with Crippen LogP contribution in [0.5, 0.6) is 0 Å². The van der Waals surface area contributed by atoms with Crippen molar-refractivity contribution in [2.24, 2.45) is 0 Å². The summed E-state index contributed by atoms with van der Waals surface area (Å²) in [6, 6.07) is 6.12. The third-order valence-electron chi connectivity index (χ3n) is 4.70. The van der Waals surface area contributed by atoms with Crippen LogP contribution in [0.3, 0.4) is 0 Å². The van der Waals surface area contributed by atoms with E-state index in [1.807, 2.05) is 17.0 Å². The zero-order chi connectivity index (χ0) is 13.5. The summed E-state index contributed by atoms with van der Waals surface area (Å²) in [7, 11) is 0. The van der Waals surface area contributed by atoms with Gasteiger partial charge in [0.15, 0.2) is 0 Å². The van der Waals surface area contributed by atoms with Crippen LogP contribution in [-0.2, 0) is 17.7 Å². The number of nitrogens with one attached hydrogen (secondary N) is 1. The Labute approximate surface area is 119 Å². The Kier molecular flexibility index (Phi) is 3.00. The lowest BCUT2D eigenvalue weighted by molar-refractivity contribution is -0.0303.